The zero-order valence-electron chi connectivity index (χ0n) is 18.5. The number of benzene rings is 3. The Balaban J connectivity index is 1.67. The molecule has 0 radical (unpaired) electrons. The van der Waals surface area contributed by atoms with Gasteiger partial charge < -0.3 is 5.32 Å². The van der Waals surface area contributed by atoms with Crippen LogP contribution in [0.5, 0.6) is 0 Å². The second kappa shape index (κ2) is 9.66. The third kappa shape index (κ3) is 4.73. The Bertz CT molecular complexity index is 1620. The zero-order valence-corrected chi connectivity index (χ0v) is 20.9. The summed E-state index contributed by atoms with van der Waals surface area (Å²) in [7, 11) is 0. The molecule has 0 spiro atoms. The van der Waals surface area contributed by atoms with E-state index in [4.69, 9.17) is 23.2 Å². The molecule has 0 bridgehead atoms. The summed E-state index contributed by atoms with van der Waals surface area (Å²) >= 11 is 13.4. The van der Waals surface area contributed by atoms with Gasteiger partial charge in [0.2, 0.25) is 0 Å². The van der Waals surface area contributed by atoms with Crippen molar-refractivity contribution in [2.24, 2.45) is 4.99 Å². The van der Waals surface area contributed by atoms with Gasteiger partial charge in [0.1, 0.15) is 0 Å². The lowest BCUT2D eigenvalue weighted by Crippen LogP contribution is -2.40. The first-order chi connectivity index (χ1) is 16.9. The van der Waals surface area contributed by atoms with E-state index < -0.39 is 6.04 Å². The highest BCUT2D eigenvalue weighted by Crippen LogP contribution is 2.31. The lowest BCUT2D eigenvalue weighted by Gasteiger charge is -2.25. The number of para-hydroxylation sites is 1. The molecule has 1 atom stereocenters. The van der Waals surface area contributed by atoms with Crippen molar-refractivity contribution in [2.45, 2.75) is 13.0 Å². The number of halogens is 2. The van der Waals surface area contributed by atoms with Gasteiger partial charge in [-0.05, 0) is 60.5 Å². The van der Waals surface area contributed by atoms with Crippen molar-refractivity contribution in [1.29, 1.82) is 0 Å². The molecule has 8 heteroatoms. The highest BCUT2D eigenvalue weighted by Gasteiger charge is 2.32. The van der Waals surface area contributed by atoms with E-state index in [2.05, 4.69) is 10.3 Å². The molecular weight excluding hydrogens is 501 g/mol. The number of hydrogen-bond donors (Lipinski definition) is 1. The molecule has 0 saturated carbocycles. The molecule has 2 heterocycles. The fraction of sp³-hybridized carbons (Fsp3) is 0.0741. The normalized spacial score (nSPS) is 15.5. The van der Waals surface area contributed by atoms with Crippen LogP contribution in [0.15, 0.2) is 99.9 Å². The van der Waals surface area contributed by atoms with Gasteiger partial charge in [0, 0.05) is 15.7 Å². The molecule has 1 N–H and O–H groups in total. The summed E-state index contributed by atoms with van der Waals surface area (Å²) in [4.78, 5) is 32.3. The van der Waals surface area contributed by atoms with E-state index in [9.17, 15) is 9.59 Å². The van der Waals surface area contributed by atoms with Gasteiger partial charge >= 0.3 is 0 Å². The van der Waals surface area contributed by atoms with E-state index in [0.29, 0.717) is 36.3 Å². The minimum absolute atomic E-state index is 0.221. The number of nitrogens with zero attached hydrogens (tertiary/aromatic N) is 2. The largest absolute Gasteiger partial charge is 0.322 e. The number of anilines is 1. The fourth-order valence-corrected chi connectivity index (χ4v) is 5.30. The molecule has 0 saturated heterocycles. The van der Waals surface area contributed by atoms with Crippen LogP contribution < -0.4 is 20.2 Å². The highest BCUT2D eigenvalue weighted by atomic mass is 35.5. The molecule has 1 aromatic heterocycles. The maximum atomic E-state index is 13.6. The maximum absolute atomic E-state index is 13.6. The summed E-state index contributed by atoms with van der Waals surface area (Å²) in [6.07, 6.45) is 1.81. The van der Waals surface area contributed by atoms with Crippen LogP contribution in [-0.2, 0) is 4.79 Å². The average Bonchev–Trinajstić information content (AvgIpc) is 3.15. The molecule has 1 amide bonds. The quantitative estimate of drug-likeness (QED) is 0.403. The Kier molecular flexibility index (Phi) is 6.43. The molecule has 174 valence electrons. The van der Waals surface area contributed by atoms with Crippen molar-refractivity contribution in [1.82, 2.24) is 4.57 Å². The number of nitrogens with one attached hydrogen (secondary N) is 1. The Morgan fingerprint density at radius 1 is 0.971 bits per heavy atom. The van der Waals surface area contributed by atoms with E-state index >= 15 is 0 Å². The molecule has 5 nitrogen and oxygen atoms in total. The second-order valence-electron chi connectivity index (χ2n) is 8.01. The van der Waals surface area contributed by atoms with E-state index in [-0.39, 0.29) is 11.5 Å². The number of amides is 1. The van der Waals surface area contributed by atoms with Crippen LogP contribution in [0.25, 0.3) is 6.08 Å². The van der Waals surface area contributed by atoms with Gasteiger partial charge in [0.25, 0.3) is 11.5 Å². The summed E-state index contributed by atoms with van der Waals surface area (Å²) in [5.74, 6) is -0.315. The summed E-state index contributed by atoms with van der Waals surface area (Å²) in [5, 5.41) is 4.13. The van der Waals surface area contributed by atoms with Crippen molar-refractivity contribution in [3.63, 3.8) is 0 Å². The predicted molar refractivity (Wildman–Crippen MR) is 142 cm³/mol. The zero-order chi connectivity index (χ0) is 24.5. The Labute approximate surface area is 215 Å². The van der Waals surface area contributed by atoms with Crippen molar-refractivity contribution >= 4 is 52.2 Å². The minimum atomic E-state index is -0.653. The van der Waals surface area contributed by atoms with Gasteiger partial charge in [0.05, 0.1) is 21.8 Å². The van der Waals surface area contributed by atoms with Crippen LogP contribution in [0.4, 0.5) is 5.69 Å². The fourth-order valence-electron chi connectivity index (χ4n) is 4.00. The number of carbonyl (C=O) groups excluding carboxylic acids is 1. The van der Waals surface area contributed by atoms with Gasteiger partial charge in [-0.15, -0.1) is 0 Å². The number of fused-ring (bicyclic) bond motifs is 1. The van der Waals surface area contributed by atoms with Crippen molar-refractivity contribution in [2.75, 3.05) is 5.32 Å². The summed E-state index contributed by atoms with van der Waals surface area (Å²) in [5.41, 5.74) is 3.01. The maximum Gasteiger partial charge on any atom is 0.271 e. The van der Waals surface area contributed by atoms with Crippen LogP contribution in [0.3, 0.4) is 0 Å². The first-order valence-electron chi connectivity index (χ1n) is 10.8. The van der Waals surface area contributed by atoms with Crippen molar-refractivity contribution in [3.05, 3.63) is 131 Å². The number of rotatable bonds is 4. The van der Waals surface area contributed by atoms with Crippen LogP contribution in [0.2, 0.25) is 10.0 Å². The van der Waals surface area contributed by atoms with E-state index in [0.717, 1.165) is 11.1 Å². The third-order valence-electron chi connectivity index (χ3n) is 5.65. The van der Waals surface area contributed by atoms with Gasteiger partial charge in [-0.3, -0.25) is 14.2 Å². The average molecular weight is 520 g/mol. The van der Waals surface area contributed by atoms with Gasteiger partial charge in [0.15, 0.2) is 4.80 Å². The number of carbonyl (C=O) groups is 1. The van der Waals surface area contributed by atoms with Crippen molar-refractivity contribution < 1.29 is 4.79 Å². The molecule has 1 aliphatic heterocycles. The summed E-state index contributed by atoms with van der Waals surface area (Å²) in [6.45, 7) is 1.79. The summed E-state index contributed by atoms with van der Waals surface area (Å²) in [6, 6.07) is 23.0. The molecule has 4 aromatic rings. The van der Waals surface area contributed by atoms with Crippen LogP contribution >= 0.6 is 34.5 Å². The second-order valence-corrected chi connectivity index (χ2v) is 9.89. The number of allylic oxidation sites excluding steroid dienone is 1. The van der Waals surface area contributed by atoms with E-state index in [1.807, 2.05) is 60.7 Å². The van der Waals surface area contributed by atoms with Crippen molar-refractivity contribution in [3.8, 4) is 0 Å². The molecule has 5 rings (SSSR count). The smallest absolute Gasteiger partial charge is 0.271 e. The van der Waals surface area contributed by atoms with Crippen LogP contribution in [0.1, 0.15) is 24.1 Å². The standard InChI is InChI=1S/C27H19Cl2N3O2S/c1-16-23(25(33)31-21-5-3-2-4-6-21)24(18-9-13-20(29)14-10-18)32-26(34)22(35-27(32)30-16)15-17-7-11-19(28)12-8-17/h2-15,24H,1H3,(H,31,33)/b22-15-. The van der Waals surface area contributed by atoms with E-state index in [1.165, 1.54) is 11.3 Å². The Morgan fingerprint density at radius 3 is 2.26 bits per heavy atom. The lowest BCUT2D eigenvalue weighted by molar-refractivity contribution is -0.113. The van der Waals surface area contributed by atoms with E-state index in [1.54, 1.807) is 35.8 Å². The minimum Gasteiger partial charge on any atom is -0.322 e. The predicted octanol–water partition coefficient (Wildman–Crippen LogP) is 5.18. The number of hydrogen-bond acceptors (Lipinski definition) is 4. The van der Waals surface area contributed by atoms with Gasteiger partial charge in [-0.1, -0.05) is 77.0 Å². The molecular formula is C27H19Cl2N3O2S. The van der Waals surface area contributed by atoms with Gasteiger partial charge in [-0.2, -0.15) is 0 Å². The Hall–Kier alpha value is -3.45. The third-order valence-corrected chi connectivity index (χ3v) is 7.14. The van der Waals surface area contributed by atoms with Gasteiger partial charge in [-0.25, -0.2) is 4.99 Å². The molecule has 1 unspecified atom stereocenters. The SMILES string of the molecule is CC1=C(C(=O)Nc2ccccc2)C(c2ccc(Cl)cc2)n2c(s/c(=C\c3ccc(Cl)cc3)c2=O)=N1. The summed E-state index contributed by atoms with van der Waals surface area (Å²) < 4.78 is 2.10. The monoisotopic (exact) mass is 519 g/mol. The lowest BCUT2D eigenvalue weighted by atomic mass is 9.95. The molecule has 0 fully saturated rings. The molecule has 0 aliphatic carbocycles. The van der Waals surface area contributed by atoms with Crippen LogP contribution in [-0.4, -0.2) is 10.5 Å². The first-order valence-corrected chi connectivity index (χ1v) is 12.4. The number of aromatic nitrogens is 1. The van der Waals surface area contributed by atoms with Crippen LogP contribution in [0, 0.1) is 0 Å². The highest BCUT2D eigenvalue weighted by molar-refractivity contribution is 7.07. The number of thiazole rings is 1. The topological polar surface area (TPSA) is 63.5 Å². The molecule has 35 heavy (non-hydrogen) atoms. The first kappa shape index (κ1) is 23.3. The Morgan fingerprint density at radius 2 is 1.60 bits per heavy atom. The molecule has 3 aromatic carbocycles. The molecule has 1 aliphatic rings.